The molecule has 2 N–H and O–H groups in total. The van der Waals surface area contributed by atoms with E-state index in [9.17, 15) is 4.79 Å². The van der Waals surface area contributed by atoms with Gasteiger partial charge in [-0.1, -0.05) is 0 Å². The van der Waals surface area contributed by atoms with E-state index >= 15 is 0 Å². The lowest BCUT2D eigenvalue weighted by Gasteiger charge is -2.15. The first-order valence-electron chi connectivity index (χ1n) is 4.46. The molecule has 0 radical (unpaired) electrons. The van der Waals surface area contributed by atoms with Gasteiger partial charge in [-0.2, -0.15) is 0 Å². The van der Waals surface area contributed by atoms with Crippen molar-refractivity contribution in [3.63, 3.8) is 0 Å². The summed E-state index contributed by atoms with van der Waals surface area (Å²) in [7, 11) is 4.00. The quantitative estimate of drug-likeness (QED) is 0.616. The summed E-state index contributed by atoms with van der Waals surface area (Å²) in [5.41, 5.74) is 5.47. The molecule has 1 rings (SSSR count). The Labute approximate surface area is 78.4 Å². The second kappa shape index (κ2) is 4.55. The van der Waals surface area contributed by atoms with Gasteiger partial charge in [-0.15, -0.1) is 0 Å². The third-order valence-electron chi connectivity index (χ3n) is 1.94. The maximum Gasteiger partial charge on any atom is 0.265 e. The Kier molecular flexibility index (Phi) is 3.65. The van der Waals surface area contributed by atoms with Gasteiger partial charge >= 0.3 is 0 Å². The van der Waals surface area contributed by atoms with Gasteiger partial charge in [0.05, 0.1) is 6.61 Å². The highest BCUT2D eigenvalue weighted by Gasteiger charge is 2.29. The number of rotatable bonds is 4. The molecular formula is C8H17N3O2. The molecule has 1 aliphatic heterocycles. The van der Waals surface area contributed by atoms with Gasteiger partial charge < -0.3 is 10.6 Å². The topological polar surface area (TPSA) is 58.8 Å². The molecular weight excluding hydrogens is 170 g/mol. The first kappa shape index (κ1) is 10.4. The fourth-order valence-corrected chi connectivity index (χ4v) is 1.20. The number of amides is 1. The molecule has 76 valence electrons. The Hall–Kier alpha value is -0.650. The summed E-state index contributed by atoms with van der Waals surface area (Å²) < 4.78 is 0. The van der Waals surface area contributed by atoms with Gasteiger partial charge in [-0.3, -0.25) is 9.63 Å². The van der Waals surface area contributed by atoms with E-state index in [0.29, 0.717) is 13.2 Å². The van der Waals surface area contributed by atoms with Crippen molar-refractivity contribution in [2.45, 2.75) is 12.5 Å². The number of hydrogen-bond acceptors (Lipinski definition) is 4. The molecule has 1 fully saturated rings. The van der Waals surface area contributed by atoms with Crippen molar-refractivity contribution in [1.82, 2.24) is 9.96 Å². The summed E-state index contributed by atoms with van der Waals surface area (Å²) in [6, 6.07) is -0.459. The molecule has 0 aliphatic carbocycles. The van der Waals surface area contributed by atoms with Crippen LogP contribution in [0, 0.1) is 0 Å². The number of carbonyl (C=O) groups is 1. The summed E-state index contributed by atoms with van der Waals surface area (Å²) >= 11 is 0. The van der Waals surface area contributed by atoms with Crippen LogP contribution in [-0.4, -0.2) is 55.7 Å². The summed E-state index contributed by atoms with van der Waals surface area (Å²) in [5.74, 6) is -0.0984. The molecule has 0 aromatic heterocycles. The van der Waals surface area contributed by atoms with Crippen LogP contribution in [0.1, 0.15) is 6.42 Å². The standard InChI is InChI=1S/C8H17N3O2/c1-10(2)4-3-5-11-8(12)7(9)6-13-11/h7H,3-6,9H2,1-2H3. The van der Waals surface area contributed by atoms with Crippen LogP contribution in [0.15, 0.2) is 0 Å². The van der Waals surface area contributed by atoms with E-state index < -0.39 is 6.04 Å². The van der Waals surface area contributed by atoms with Crippen LogP contribution >= 0.6 is 0 Å². The van der Waals surface area contributed by atoms with Gasteiger partial charge in [0, 0.05) is 6.54 Å². The van der Waals surface area contributed by atoms with Crippen molar-refractivity contribution in [2.75, 3.05) is 33.8 Å². The summed E-state index contributed by atoms with van der Waals surface area (Å²) in [4.78, 5) is 18.4. The summed E-state index contributed by atoms with van der Waals surface area (Å²) in [6.07, 6.45) is 0.908. The van der Waals surface area contributed by atoms with Crippen molar-refractivity contribution in [1.29, 1.82) is 0 Å². The Balaban J connectivity index is 2.19. The van der Waals surface area contributed by atoms with Crippen LogP contribution in [-0.2, 0) is 9.63 Å². The number of hydroxylamine groups is 2. The average Bonchev–Trinajstić information content (AvgIpc) is 2.35. The van der Waals surface area contributed by atoms with Crippen molar-refractivity contribution < 1.29 is 9.63 Å². The number of nitrogens with two attached hydrogens (primary N) is 1. The Morgan fingerprint density at radius 3 is 2.85 bits per heavy atom. The minimum Gasteiger partial charge on any atom is -0.318 e. The Bertz CT molecular complexity index is 184. The highest BCUT2D eigenvalue weighted by atomic mass is 16.7. The molecule has 1 unspecified atom stereocenters. The van der Waals surface area contributed by atoms with Crippen molar-refractivity contribution in [2.24, 2.45) is 5.73 Å². The predicted octanol–water partition coefficient (Wildman–Crippen LogP) is -0.961. The van der Waals surface area contributed by atoms with E-state index in [2.05, 4.69) is 4.90 Å². The van der Waals surface area contributed by atoms with Gasteiger partial charge in [-0.05, 0) is 27.1 Å². The zero-order valence-corrected chi connectivity index (χ0v) is 8.19. The minimum atomic E-state index is -0.459. The number of hydrogen-bond donors (Lipinski definition) is 1. The van der Waals surface area contributed by atoms with Gasteiger partial charge in [0.25, 0.3) is 5.91 Å². The molecule has 0 spiro atoms. The molecule has 1 amide bonds. The molecule has 13 heavy (non-hydrogen) atoms. The molecule has 1 heterocycles. The van der Waals surface area contributed by atoms with Crippen molar-refractivity contribution in [3.8, 4) is 0 Å². The molecule has 1 saturated heterocycles. The maximum absolute atomic E-state index is 11.2. The van der Waals surface area contributed by atoms with Gasteiger partial charge in [-0.25, -0.2) is 5.06 Å². The smallest absolute Gasteiger partial charge is 0.265 e. The van der Waals surface area contributed by atoms with E-state index in [1.165, 1.54) is 5.06 Å². The van der Waals surface area contributed by atoms with Gasteiger partial charge in [0.1, 0.15) is 6.04 Å². The molecule has 5 heteroatoms. The average molecular weight is 187 g/mol. The minimum absolute atomic E-state index is 0.0984. The Morgan fingerprint density at radius 2 is 2.38 bits per heavy atom. The first-order chi connectivity index (χ1) is 6.11. The summed E-state index contributed by atoms with van der Waals surface area (Å²) in [6.45, 7) is 1.90. The molecule has 1 atom stereocenters. The van der Waals surface area contributed by atoms with Crippen LogP contribution < -0.4 is 5.73 Å². The lowest BCUT2D eigenvalue weighted by atomic mass is 10.3. The van der Waals surface area contributed by atoms with E-state index in [4.69, 9.17) is 10.6 Å². The zero-order valence-electron chi connectivity index (χ0n) is 8.19. The van der Waals surface area contributed by atoms with E-state index in [1.807, 2.05) is 14.1 Å². The lowest BCUT2D eigenvalue weighted by Crippen LogP contribution is -2.35. The molecule has 0 saturated carbocycles. The molecule has 0 bridgehead atoms. The van der Waals surface area contributed by atoms with Crippen LogP contribution in [0.3, 0.4) is 0 Å². The van der Waals surface area contributed by atoms with Crippen LogP contribution in [0.5, 0.6) is 0 Å². The predicted molar refractivity (Wildman–Crippen MR) is 48.8 cm³/mol. The second-order valence-corrected chi connectivity index (χ2v) is 3.50. The summed E-state index contributed by atoms with van der Waals surface area (Å²) in [5, 5.41) is 1.37. The van der Waals surface area contributed by atoms with Crippen molar-refractivity contribution >= 4 is 5.91 Å². The monoisotopic (exact) mass is 187 g/mol. The fourth-order valence-electron chi connectivity index (χ4n) is 1.20. The normalized spacial score (nSPS) is 23.2. The van der Waals surface area contributed by atoms with Crippen LogP contribution in [0.25, 0.3) is 0 Å². The maximum atomic E-state index is 11.2. The van der Waals surface area contributed by atoms with E-state index in [1.54, 1.807) is 0 Å². The third kappa shape index (κ3) is 2.95. The number of nitrogens with zero attached hydrogens (tertiary/aromatic N) is 2. The SMILES string of the molecule is CN(C)CCCN1OCC(N)C1=O. The van der Waals surface area contributed by atoms with Crippen molar-refractivity contribution in [3.05, 3.63) is 0 Å². The van der Waals surface area contributed by atoms with Gasteiger partial charge in [0.15, 0.2) is 0 Å². The molecule has 5 nitrogen and oxygen atoms in total. The van der Waals surface area contributed by atoms with Crippen LogP contribution in [0.4, 0.5) is 0 Å². The molecule has 0 aromatic carbocycles. The largest absolute Gasteiger partial charge is 0.318 e. The lowest BCUT2D eigenvalue weighted by molar-refractivity contribution is -0.161. The molecule has 0 aromatic rings. The zero-order chi connectivity index (χ0) is 9.84. The molecule has 1 aliphatic rings. The Morgan fingerprint density at radius 1 is 1.69 bits per heavy atom. The number of carbonyl (C=O) groups excluding carboxylic acids is 1. The first-order valence-corrected chi connectivity index (χ1v) is 4.46. The second-order valence-electron chi connectivity index (χ2n) is 3.50. The fraction of sp³-hybridized carbons (Fsp3) is 0.875. The van der Waals surface area contributed by atoms with Crippen LogP contribution in [0.2, 0.25) is 0 Å². The highest BCUT2D eigenvalue weighted by molar-refractivity contribution is 5.82. The van der Waals surface area contributed by atoms with E-state index in [0.717, 1.165) is 13.0 Å². The van der Waals surface area contributed by atoms with Gasteiger partial charge in [0.2, 0.25) is 0 Å². The third-order valence-corrected chi connectivity index (χ3v) is 1.94. The highest BCUT2D eigenvalue weighted by Crippen LogP contribution is 2.06. The van der Waals surface area contributed by atoms with E-state index in [-0.39, 0.29) is 5.91 Å².